The lowest BCUT2D eigenvalue weighted by molar-refractivity contribution is -0.130. The highest BCUT2D eigenvalue weighted by Crippen LogP contribution is 2.46. The Morgan fingerprint density at radius 3 is 2.51 bits per heavy atom. The van der Waals surface area contributed by atoms with Gasteiger partial charge in [0, 0.05) is 71.0 Å². The van der Waals surface area contributed by atoms with Crippen LogP contribution in [0.25, 0.3) is 22.0 Å². The molecule has 218 valence electrons. The number of anilines is 1. The van der Waals surface area contributed by atoms with Crippen LogP contribution in [0.3, 0.4) is 0 Å². The summed E-state index contributed by atoms with van der Waals surface area (Å²) in [5.41, 5.74) is 0.570. The lowest BCUT2D eigenvalue weighted by atomic mass is 10.0. The van der Waals surface area contributed by atoms with Crippen LogP contribution in [0.2, 0.25) is 10.0 Å². The van der Waals surface area contributed by atoms with Crippen LogP contribution in [0.4, 0.5) is 14.6 Å². The van der Waals surface area contributed by atoms with Gasteiger partial charge in [0.2, 0.25) is 5.91 Å². The van der Waals surface area contributed by atoms with Gasteiger partial charge in [0.25, 0.3) is 0 Å². The first-order valence-electron chi connectivity index (χ1n) is 13.5. The standard InChI is InChI=1S/C29H31Cl2F2N5O2S/c1-5-7-34-17-13-37-26-19(28(35-29(37)40)36-11-15(3)38(16(4)12-36)24(39)6-2)9-21(31)25(27(26)41-14-17)18-8-20(30)23(33)10-22(18)32/h6,8-10,15-17,34H,2,5,7,11-14H2,1,3-4H3/t15-,16+,17?. The third kappa shape index (κ3) is 5.47. The summed E-state index contributed by atoms with van der Waals surface area (Å²) in [6.07, 6.45) is 2.23. The summed E-state index contributed by atoms with van der Waals surface area (Å²) in [6.45, 7) is 11.6. The number of nitrogens with one attached hydrogen (secondary N) is 1. The van der Waals surface area contributed by atoms with Gasteiger partial charge in [0.05, 0.1) is 15.6 Å². The van der Waals surface area contributed by atoms with E-state index in [0.29, 0.717) is 52.6 Å². The number of carbonyl (C=O) groups excluding carboxylic acids is 1. The number of aromatic nitrogens is 2. The van der Waals surface area contributed by atoms with Crippen molar-refractivity contribution in [1.29, 1.82) is 0 Å². The van der Waals surface area contributed by atoms with Crippen molar-refractivity contribution in [2.75, 3.05) is 30.3 Å². The maximum absolute atomic E-state index is 15.2. The minimum atomic E-state index is -0.868. The predicted molar refractivity (Wildman–Crippen MR) is 162 cm³/mol. The molecule has 3 aromatic rings. The SMILES string of the molecule is C=CC(=O)N1[C@H](C)CN(c2nc(=O)n3c4c(c(-c5cc(Cl)c(F)cc5F)c(Cl)cc24)SCC(NCCC)C3)C[C@@H]1C. The van der Waals surface area contributed by atoms with E-state index in [1.54, 1.807) is 15.5 Å². The van der Waals surface area contributed by atoms with Crippen molar-refractivity contribution in [3.63, 3.8) is 0 Å². The van der Waals surface area contributed by atoms with E-state index in [-0.39, 0.29) is 39.6 Å². The number of benzene rings is 2. The molecule has 1 aromatic heterocycles. The van der Waals surface area contributed by atoms with E-state index in [2.05, 4.69) is 23.8 Å². The van der Waals surface area contributed by atoms with Crippen LogP contribution in [0.1, 0.15) is 27.2 Å². The van der Waals surface area contributed by atoms with Crippen molar-refractivity contribution < 1.29 is 13.6 Å². The molecule has 1 N–H and O–H groups in total. The first-order valence-corrected chi connectivity index (χ1v) is 15.3. The van der Waals surface area contributed by atoms with Crippen LogP contribution in [0.5, 0.6) is 0 Å². The number of hydrogen-bond donors (Lipinski definition) is 1. The van der Waals surface area contributed by atoms with E-state index in [4.69, 9.17) is 23.2 Å². The van der Waals surface area contributed by atoms with Crippen LogP contribution in [-0.2, 0) is 11.3 Å². The van der Waals surface area contributed by atoms with Gasteiger partial charge < -0.3 is 15.1 Å². The molecule has 0 spiro atoms. The fourth-order valence-electron chi connectivity index (χ4n) is 5.84. The van der Waals surface area contributed by atoms with Gasteiger partial charge in [-0.05, 0) is 45.0 Å². The molecule has 2 aliphatic heterocycles. The number of hydrogen-bond acceptors (Lipinski definition) is 6. The Morgan fingerprint density at radius 2 is 1.85 bits per heavy atom. The summed E-state index contributed by atoms with van der Waals surface area (Å²) in [5.74, 6) is -0.776. The van der Waals surface area contributed by atoms with Gasteiger partial charge in [-0.15, -0.1) is 11.8 Å². The molecule has 1 unspecified atom stereocenters. The van der Waals surface area contributed by atoms with Crippen LogP contribution in [-0.4, -0.2) is 63.9 Å². The second-order valence-electron chi connectivity index (χ2n) is 10.5. The van der Waals surface area contributed by atoms with Crippen molar-refractivity contribution >= 4 is 57.6 Å². The minimum absolute atomic E-state index is 0.0531. The van der Waals surface area contributed by atoms with Crippen LogP contribution >= 0.6 is 35.0 Å². The molecule has 12 heteroatoms. The van der Waals surface area contributed by atoms with Gasteiger partial charge >= 0.3 is 5.69 Å². The largest absolute Gasteiger partial charge is 0.352 e. The van der Waals surface area contributed by atoms with Crippen molar-refractivity contribution in [2.24, 2.45) is 0 Å². The van der Waals surface area contributed by atoms with E-state index < -0.39 is 17.3 Å². The molecule has 41 heavy (non-hydrogen) atoms. The molecule has 2 aromatic carbocycles. The van der Waals surface area contributed by atoms with Crippen LogP contribution < -0.4 is 15.9 Å². The van der Waals surface area contributed by atoms with Crippen molar-refractivity contribution in [1.82, 2.24) is 19.8 Å². The molecule has 1 saturated heterocycles. The first kappa shape index (κ1) is 29.8. The smallest absolute Gasteiger partial charge is 0.350 e. The lowest BCUT2D eigenvalue weighted by Crippen LogP contribution is -2.58. The fraction of sp³-hybridized carbons (Fsp3) is 0.414. The zero-order chi connectivity index (χ0) is 29.6. The van der Waals surface area contributed by atoms with Crippen molar-refractivity contribution in [3.05, 3.63) is 63.0 Å². The Hall–Kier alpha value is -2.66. The molecular formula is C29H31Cl2F2N5O2S. The molecule has 5 rings (SSSR count). The third-order valence-electron chi connectivity index (χ3n) is 7.59. The number of amides is 1. The van der Waals surface area contributed by atoms with Gasteiger partial charge in [0.1, 0.15) is 17.5 Å². The Labute approximate surface area is 251 Å². The van der Waals surface area contributed by atoms with E-state index in [9.17, 15) is 14.0 Å². The maximum Gasteiger partial charge on any atom is 0.350 e. The van der Waals surface area contributed by atoms with Crippen molar-refractivity contribution in [3.8, 4) is 11.1 Å². The Kier molecular flexibility index (Phi) is 8.66. The number of piperazine rings is 1. The number of carbonyl (C=O) groups is 1. The zero-order valence-corrected chi connectivity index (χ0v) is 25.3. The zero-order valence-electron chi connectivity index (χ0n) is 23.0. The minimum Gasteiger partial charge on any atom is -0.352 e. The first-order chi connectivity index (χ1) is 19.5. The topological polar surface area (TPSA) is 70.5 Å². The summed E-state index contributed by atoms with van der Waals surface area (Å²) < 4.78 is 30.9. The van der Waals surface area contributed by atoms with Crippen LogP contribution in [0.15, 0.2) is 40.5 Å². The molecule has 0 aliphatic carbocycles. The Morgan fingerprint density at radius 1 is 1.15 bits per heavy atom. The summed E-state index contributed by atoms with van der Waals surface area (Å²) >= 11 is 14.4. The Bertz CT molecular complexity index is 1590. The van der Waals surface area contributed by atoms with E-state index in [1.165, 1.54) is 23.9 Å². The van der Waals surface area contributed by atoms with Gasteiger partial charge in [-0.25, -0.2) is 13.6 Å². The molecular weight excluding hydrogens is 591 g/mol. The fourth-order valence-corrected chi connectivity index (χ4v) is 7.68. The third-order valence-corrected chi connectivity index (χ3v) is 9.44. The normalized spacial score (nSPS) is 20.8. The molecule has 1 amide bonds. The van der Waals surface area contributed by atoms with Gasteiger partial charge in [-0.3, -0.25) is 9.36 Å². The molecule has 7 nitrogen and oxygen atoms in total. The van der Waals surface area contributed by atoms with E-state index in [1.807, 2.05) is 18.7 Å². The number of nitrogens with zero attached hydrogens (tertiary/aromatic N) is 4. The number of halogens is 4. The van der Waals surface area contributed by atoms with Gasteiger partial charge in [-0.2, -0.15) is 4.98 Å². The average molecular weight is 623 g/mol. The maximum atomic E-state index is 15.2. The molecule has 0 bridgehead atoms. The highest BCUT2D eigenvalue weighted by atomic mass is 35.5. The lowest BCUT2D eigenvalue weighted by Gasteiger charge is -2.44. The van der Waals surface area contributed by atoms with Gasteiger partial charge in [-0.1, -0.05) is 36.7 Å². The predicted octanol–water partition coefficient (Wildman–Crippen LogP) is 5.73. The molecule has 0 radical (unpaired) electrons. The summed E-state index contributed by atoms with van der Waals surface area (Å²) in [5, 5.41) is 4.14. The molecule has 3 heterocycles. The summed E-state index contributed by atoms with van der Waals surface area (Å²) in [7, 11) is 0. The van der Waals surface area contributed by atoms with Gasteiger partial charge in [0.15, 0.2) is 0 Å². The van der Waals surface area contributed by atoms with E-state index in [0.717, 1.165) is 19.0 Å². The average Bonchev–Trinajstić information content (AvgIpc) is 3.12. The van der Waals surface area contributed by atoms with Crippen molar-refractivity contribution in [2.45, 2.75) is 56.8 Å². The molecule has 3 atom stereocenters. The second kappa shape index (κ2) is 11.9. The monoisotopic (exact) mass is 621 g/mol. The van der Waals surface area contributed by atoms with Crippen LogP contribution in [0, 0.1) is 11.6 Å². The molecule has 0 saturated carbocycles. The highest BCUT2D eigenvalue weighted by Gasteiger charge is 2.35. The molecule has 2 aliphatic rings. The molecule has 1 fully saturated rings. The number of rotatable bonds is 6. The summed E-state index contributed by atoms with van der Waals surface area (Å²) in [6, 6.07) is 3.29. The summed E-state index contributed by atoms with van der Waals surface area (Å²) in [4.78, 5) is 35.1. The Balaban J connectivity index is 1.74. The second-order valence-corrected chi connectivity index (χ2v) is 12.4. The quantitative estimate of drug-likeness (QED) is 0.280. The highest BCUT2D eigenvalue weighted by molar-refractivity contribution is 7.99. The number of thioether (sulfide) groups is 1. The van der Waals surface area contributed by atoms with E-state index >= 15 is 4.39 Å².